The highest BCUT2D eigenvalue weighted by Crippen LogP contribution is 2.15. The largest absolute Gasteiger partial charge is 0.497 e. The quantitative estimate of drug-likeness (QED) is 0.807. The number of benzene rings is 1. The molecular weight excluding hydrogens is 264 g/mol. The summed E-state index contributed by atoms with van der Waals surface area (Å²) in [6, 6.07) is 8.59. The van der Waals surface area contributed by atoms with Crippen molar-refractivity contribution in [2.45, 2.75) is 32.2 Å². The summed E-state index contributed by atoms with van der Waals surface area (Å²) in [4.78, 5) is 4.33. The number of nitrogens with zero attached hydrogens (tertiary/aromatic N) is 3. The molecule has 0 aliphatic heterocycles. The fourth-order valence-corrected chi connectivity index (χ4v) is 2.37. The van der Waals surface area contributed by atoms with Gasteiger partial charge < -0.3 is 10.1 Å². The van der Waals surface area contributed by atoms with Crippen LogP contribution in [0.5, 0.6) is 5.75 Å². The van der Waals surface area contributed by atoms with Crippen molar-refractivity contribution in [3.05, 3.63) is 42.0 Å². The predicted molar refractivity (Wildman–Crippen MR) is 83.5 cm³/mol. The Morgan fingerprint density at radius 2 is 2.19 bits per heavy atom. The molecule has 0 fully saturated rings. The van der Waals surface area contributed by atoms with E-state index in [0.717, 1.165) is 37.4 Å². The van der Waals surface area contributed by atoms with Gasteiger partial charge in [-0.25, -0.2) is 4.98 Å². The molecule has 5 nitrogen and oxygen atoms in total. The molecule has 1 atom stereocenters. The summed E-state index contributed by atoms with van der Waals surface area (Å²) in [7, 11) is 3.64. The van der Waals surface area contributed by atoms with Crippen molar-refractivity contribution in [1.82, 2.24) is 20.1 Å². The molecular formula is C16H24N4O. The van der Waals surface area contributed by atoms with Crippen LogP contribution >= 0.6 is 0 Å². The Morgan fingerprint density at radius 3 is 2.86 bits per heavy atom. The highest BCUT2D eigenvalue weighted by atomic mass is 16.5. The molecule has 1 aromatic carbocycles. The van der Waals surface area contributed by atoms with E-state index in [1.54, 1.807) is 13.4 Å². The van der Waals surface area contributed by atoms with Crippen molar-refractivity contribution in [3.8, 4) is 5.75 Å². The molecule has 0 spiro atoms. The summed E-state index contributed by atoms with van der Waals surface area (Å²) in [6.45, 7) is 3.18. The van der Waals surface area contributed by atoms with Crippen LogP contribution in [0.3, 0.4) is 0 Å². The summed E-state index contributed by atoms with van der Waals surface area (Å²) >= 11 is 0. The maximum absolute atomic E-state index is 5.30. The molecule has 0 radical (unpaired) electrons. The third-order valence-electron chi connectivity index (χ3n) is 3.53. The Kier molecular flexibility index (Phi) is 5.75. The molecule has 21 heavy (non-hydrogen) atoms. The lowest BCUT2D eigenvalue weighted by atomic mass is 10.0. The van der Waals surface area contributed by atoms with Gasteiger partial charge in [0.25, 0.3) is 0 Å². The van der Waals surface area contributed by atoms with Gasteiger partial charge in [-0.2, -0.15) is 5.10 Å². The van der Waals surface area contributed by atoms with E-state index in [0.29, 0.717) is 6.04 Å². The van der Waals surface area contributed by atoms with Gasteiger partial charge in [0.15, 0.2) is 0 Å². The number of methoxy groups -OCH3 is 1. The van der Waals surface area contributed by atoms with Crippen LogP contribution in [-0.2, 0) is 19.9 Å². The highest BCUT2D eigenvalue weighted by Gasteiger charge is 2.13. The Balaban J connectivity index is 2.06. The molecule has 5 heteroatoms. The van der Waals surface area contributed by atoms with E-state index in [-0.39, 0.29) is 0 Å². The number of aryl methyl sites for hydroxylation is 1. The summed E-state index contributed by atoms with van der Waals surface area (Å²) in [5.41, 5.74) is 1.27. The van der Waals surface area contributed by atoms with Crippen LogP contribution < -0.4 is 10.1 Å². The molecule has 2 rings (SSSR count). The predicted octanol–water partition coefficient (Wildman–Crippen LogP) is 1.98. The number of hydrogen-bond acceptors (Lipinski definition) is 4. The monoisotopic (exact) mass is 288 g/mol. The number of hydrogen-bond donors (Lipinski definition) is 1. The molecule has 2 aromatic rings. The van der Waals surface area contributed by atoms with E-state index in [1.807, 2.05) is 23.9 Å². The van der Waals surface area contributed by atoms with E-state index in [2.05, 4.69) is 34.5 Å². The fraction of sp³-hybridized carbons (Fsp3) is 0.500. The first kappa shape index (κ1) is 15.5. The third-order valence-corrected chi connectivity index (χ3v) is 3.53. The second kappa shape index (κ2) is 7.78. The minimum absolute atomic E-state index is 0.347. The van der Waals surface area contributed by atoms with Gasteiger partial charge in [-0.05, 0) is 37.1 Å². The molecule has 0 aliphatic rings. The Bertz CT molecular complexity index is 553. The maximum Gasteiger partial charge on any atom is 0.138 e. The second-order valence-corrected chi connectivity index (χ2v) is 5.21. The molecule has 1 heterocycles. The molecule has 1 unspecified atom stereocenters. The number of aromatic nitrogens is 3. The zero-order chi connectivity index (χ0) is 15.1. The summed E-state index contributed by atoms with van der Waals surface area (Å²) in [6.07, 6.45) is 4.54. The lowest BCUT2D eigenvalue weighted by Gasteiger charge is -2.18. The van der Waals surface area contributed by atoms with Gasteiger partial charge in [0, 0.05) is 19.5 Å². The smallest absolute Gasteiger partial charge is 0.138 e. The average molecular weight is 288 g/mol. The van der Waals surface area contributed by atoms with Crippen LogP contribution in [0.15, 0.2) is 30.6 Å². The van der Waals surface area contributed by atoms with Gasteiger partial charge in [0.1, 0.15) is 17.9 Å². The summed E-state index contributed by atoms with van der Waals surface area (Å²) < 4.78 is 7.14. The first-order valence-electron chi connectivity index (χ1n) is 7.42. The van der Waals surface area contributed by atoms with Crippen molar-refractivity contribution in [3.63, 3.8) is 0 Å². The first-order chi connectivity index (χ1) is 10.2. The van der Waals surface area contributed by atoms with Crippen LogP contribution in [0.25, 0.3) is 0 Å². The summed E-state index contributed by atoms with van der Waals surface area (Å²) in [5, 5.41) is 7.74. The number of rotatable bonds is 8. The van der Waals surface area contributed by atoms with Gasteiger partial charge in [-0.1, -0.05) is 19.1 Å². The van der Waals surface area contributed by atoms with Crippen LogP contribution in [0.2, 0.25) is 0 Å². The molecule has 0 saturated heterocycles. The van der Waals surface area contributed by atoms with Crippen molar-refractivity contribution >= 4 is 0 Å². The fourth-order valence-electron chi connectivity index (χ4n) is 2.37. The maximum atomic E-state index is 5.30. The molecule has 114 valence electrons. The van der Waals surface area contributed by atoms with Crippen LogP contribution in [0, 0.1) is 0 Å². The van der Waals surface area contributed by atoms with Crippen molar-refractivity contribution in [1.29, 1.82) is 0 Å². The van der Waals surface area contributed by atoms with Gasteiger partial charge in [-0.15, -0.1) is 0 Å². The van der Waals surface area contributed by atoms with Crippen LogP contribution in [0.1, 0.15) is 24.7 Å². The minimum atomic E-state index is 0.347. The number of ether oxygens (including phenoxy) is 1. The van der Waals surface area contributed by atoms with E-state index in [9.17, 15) is 0 Å². The first-order valence-corrected chi connectivity index (χ1v) is 7.42. The minimum Gasteiger partial charge on any atom is -0.497 e. The SMILES string of the molecule is CCCNC(Cc1cccc(OC)c1)Cc1ncnn1C. The zero-order valence-electron chi connectivity index (χ0n) is 13.0. The summed E-state index contributed by atoms with van der Waals surface area (Å²) in [5.74, 6) is 1.91. The molecule has 1 aromatic heterocycles. The third kappa shape index (κ3) is 4.56. The molecule has 1 N–H and O–H groups in total. The average Bonchev–Trinajstić information content (AvgIpc) is 2.90. The normalized spacial score (nSPS) is 12.3. The Labute approximate surface area is 126 Å². The van der Waals surface area contributed by atoms with Gasteiger partial charge in [-0.3, -0.25) is 4.68 Å². The standard InChI is InChI=1S/C16H24N4O/c1-4-8-17-14(11-16-18-12-19-20(16)2)9-13-6-5-7-15(10-13)21-3/h5-7,10,12,14,17H,4,8-9,11H2,1-3H3. The van der Waals surface area contributed by atoms with E-state index in [1.165, 1.54) is 5.56 Å². The number of nitrogens with one attached hydrogen (secondary N) is 1. The van der Waals surface area contributed by atoms with Crippen molar-refractivity contribution < 1.29 is 4.74 Å². The van der Waals surface area contributed by atoms with Gasteiger partial charge >= 0.3 is 0 Å². The Morgan fingerprint density at radius 1 is 1.33 bits per heavy atom. The van der Waals surface area contributed by atoms with Crippen LogP contribution in [0.4, 0.5) is 0 Å². The van der Waals surface area contributed by atoms with Crippen molar-refractivity contribution in [2.75, 3.05) is 13.7 Å². The van der Waals surface area contributed by atoms with E-state index < -0.39 is 0 Å². The molecule has 0 saturated carbocycles. The highest BCUT2D eigenvalue weighted by molar-refractivity contribution is 5.29. The van der Waals surface area contributed by atoms with Crippen molar-refractivity contribution in [2.24, 2.45) is 7.05 Å². The van der Waals surface area contributed by atoms with Gasteiger partial charge in [0.05, 0.1) is 7.11 Å². The topological polar surface area (TPSA) is 52.0 Å². The van der Waals surface area contributed by atoms with Crippen LogP contribution in [-0.4, -0.2) is 34.5 Å². The van der Waals surface area contributed by atoms with E-state index in [4.69, 9.17) is 4.74 Å². The molecule has 0 amide bonds. The lowest BCUT2D eigenvalue weighted by molar-refractivity contribution is 0.413. The lowest BCUT2D eigenvalue weighted by Crippen LogP contribution is -2.34. The second-order valence-electron chi connectivity index (χ2n) is 5.21. The van der Waals surface area contributed by atoms with E-state index >= 15 is 0 Å². The molecule has 0 aliphatic carbocycles. The Hall–Kier alpha value is -1.88. The zero-order valence-corrected chi connectivity index (χ0v) is 13.0. The van der Waals surface area contributed by atoms with Gasteiger partial charge in [0.2, 0.25) is 0 Å². The molecule has 0 bridgehead atoms.